The normalized spacial score (nSPS) is 10.2. The number of carbonyl (C=O) groups excluding carboxylic acids is 1. The zero-order valence-electron chi connectivity index (χ0n) is 9.97. The molecule has 1 aromatic carbocycles. The number of hydrogen-bond donors (Lipinski definition) is 2. The van der Waals surface area contributed by atoms with Gasteiger partial charge in [-0.05, 0) is 23.5 Å². The average Bonchev–Trinajstić information content (AvgIpc) is 2.75. The first-order valence-electron chi connectivity index (χ1n) is 5.30. The molecule has 19 heavy (non-hydrogen) atoms. The number of nitrogens with zero attached hydrogens (tertiary/aromatic N) is 1. The minimum atomic E-state index is -0.562. The molecule has 0 spiro atoms. The Hall–Kier alpha value is -2.28. The molecule has 2 rings (SSSR count). The highest BCUT2D eigenvalue weighted by Gasteiger charge is 2.15. The van der Waals surface area contributed by atoms with Gasteiger partial charge in [-0.3, -0.25) is 9.32 Å². The van der Waals surface area contributed by atoms with Crippen LogP contribution in [0.5, 0.6) is 5.75 Å². The van der Waals surface area contributed by atoms with Crippen LogP contribution in [0.1, 0.15) is 0 Å². The Balaban J connectivity index is 2.10. The van der Waals surface area contributed by atoms with Crippen LogP contribution in [0.2, 0.25) is 5.02 Å². The lowest BCUT2D eigenvalue weighted by Crippen LogP contribution is -2.41. The Bertz CT molecular complexity index is 649. The van der Waals surface area contributed by atoms with Crippen molar-refractivity contribution in [2.45, 2.75) is 6.54 Å². The molecule has 1 amide bonds. The molecule has 0 radical (unpaired) electrons. The van der Waals surface area contributed by atoms with Crippen LogP contribution in [-0.4, -0.2) is 18.3 Å². The maximum absolute atomic E-state index is 11.8. The van der Waals surface area contributed by atoms with Gasteiger partial charge in [0.05, 0.1) is 12.8 Å². The highest BCUT2D eigenvalue weighted by Crippen LogP contribution is 2.27. The molecule has 8 heteroatoms. The number of hydrogen-bond acceptors (Lipinski definition) is 4. The van der Waals surface area contributed by atoms with E-state index in [0.717, 1.165) is 6.20 Å². The summed E-state index contributed by atoms with van der Waals surface area (Å²) in [6.07, 6.45) is 1.13. The number of ether oxygens (including phenoxy) is 1. The van der Waals surface area contributed by atoms with Gasteiger partial charge < -0.3 is 10.1 Å². The molecule has 1 aromatic heterocycles. The first-order valence-corrected chi connectivity index (χ1v) is 5.67. The molecule has 0 unspecified atom stereocenters. The van der Waals surface area contributed by atoms with Crippen LogP contribution in [0.3, 0.4) is 0 Å². The molecular weight excluding hydrogens is 274 g/mol. The van der Waals surface area contributed by atoms with Crippen LogP contribution in [-0.2, 0) is 11.3 Å². The molecular formula is C11H11ClN3O4+. The number of nitrogens with one attached hydrogen (secondary N) is 2. The van der Waals surface area contributed by atoms with Crippen molar-refractivity contribution >= 4 is 23.2 Å². The van der Waals surface area contributed by atoms with E-state index in [1.165, 1.54) is 11.8 Å². The molecule has 0 aliphatic heterocycles. The summed E-state index contributed by atoms with van der Waals surface area (Å²) in [4.78, 5) is 22.6. The summed E-state index contributed by atoms with van der Waals surface area (Å²) >= 11 is 5.85. The van der Waals surface area contributed by atoms with E-state index in [2.05, 4.69) is 15.1 Å². The van der Waals surface area contributed by atoms with Crippen LogP contribution in [0, 0.1) is 0 Å². The number of methoxy groups -OCH3 is 1. The van der Waals surface area contributed by atoms with E-state index in [9.17, 15) is 9.59 Å². The zero-order valence-corrected chi connectivity index (χ0v) is 10.7. The second kappa shape index (κ2) is 5.57. The van der Waals surface area contributed by atoms with Gasteiger partial charge in [0.15, 0.2) is 0 Å². The molecule has 2 aromatic rings. The van der Waals surface area contributed by atoms with Gasteiger partial charge in [-0.2, -0.15) is 0 Å². The van der Waals surface area contributed by atoms with Gasteiger partial charge in [0.1, 0.15) is 5.75 Å². The van der Waals surface area contributed by atoms with Crippen LogP contribution in [0.4, 0.5) is 5.69 Å². The highest BCUT2D eigenvalue weighted by molar-refractivity contribution is 6.31. The molecule has 0 saturated heterocycles. The van der Waals surface area contributed by atoms with E-state index in [-0.39, 0.29) is 12.5 Å². The number of amides is 1. The van der Waals surface area contributed by atoms with E-state index in [1.54, 1.807) is 18.2 Å². The molecule has 0 bridgehead atoms. The molecule has 0 aliphatic carbocycles. The van der Waals surface area contributed by atoms with E-state index in [4.69, 9.17) is 16.3 Å². The second-order valence-electron chi connectivity index (χ2n) is 3.66. The van der Waals surface area contributed by atoms with E-state index in [1.807, 2.05) is 0 Å². The lowest BCUT2D eigenvalue weighted by Gasteiger charge is -2.08. The number of carbonyl (C=O) groups is 1. The van der Waals surface area contributed by atoms with Crippen molar-refractivity contribution in [1.29, 1.82) is 0 Å². The number of aromatic amines is 1. The Morgan fingerprint density at radius 3 is 3.00 bits per heavy atom. The molecule has 0 saturated carbocycles. The maximum atomic E-state index is 11.8. The summed E-state index contributed by atoms with van der Waals surface area (Å²) in [5, 5.41) is 5.37. The summed E-state index contributed by atoms with van der Waals surface area (Å²) in [6.45, 7) is -0.0958. The second-order valence-corrected chi connectivity index (χ2v) is 4.10. The van der Waals surface area contributed by atoms with Crippen molar-refractivity contribution < 1.29 is 18.7 Å². The van der Waals surface area contributed by atoms with Crippen molar-refractivity contribution in [1.82, 2.24) is 5.27 Å². The van der Waals surface area contributed by atoms with Gasteiger partial charge in [-0.1, -0.05) is 16.3 Å². The predicted octanol–water partition coefficient (Wildman–Crippen LogP) is 0.556. The average molecular weight is 285 g/mol. The van der Waals surface area contributed by atoms with Crippen molar-refractivity contribution in [2.24, 2.45) is 0 Å². The lowest BCUT2D eigenvalue weighted by atomic mass is 10.3. The molecule has 2 N–H and O–H groups in total. The number of halogens is 1. The van der Waals surface area contributed by atoms with Crippen LogP contribution >= 0.6 is 11.6 Å². The number of rotatable bonds is 4. The van der Waals surface area contributed by atoms with Gasteiger partial charge in [-0.15, -0.1) is 0 Å². The monoisotopic (exact) mass is 284 g/mol. The Morgan fingerprint density at radius 2 is 2.37 bits per heavy atom. The van der Waals surface area contributed by atoms with Crippen molar-refractivity contribution in [3.63, 3.8) is 0 Å². The Labute approximate surface area is 112 Å². The zero-order chi connectivity index (χ0) is 13.8. The standard InChI is InChI=1S/C11H10ClN3O4/c1-18-9-3-2-7(12)4-8(9)13-10(16)5-15-6-11(17)19-14-15/h2-4,6H,5H2,1H3,(H-,13,14,16,17)/p+1. The van der Waals surface area contributed by atoms with Gasteiger partial charge in [-0.25, -0.2) is 4.79 Å². The fraction of sp³-hybridized carbons (Fsp3) is 0.182. The number of aromatic nitrogens is 2. The summed E-state index contributed by atoms with van der Waals surface area (Å²) in [6, 6.07) is 4.87. The molecule has 0 fully saturated rings. The third-order valence-corrected chi connectivity index (χ3v) is 2.51. The molecule has 100 valence electrons. The highest BCUT2D eigenvalue weighted by atomic mass is 35.5. The number of anilines is 1. The number of H-pyrrole nitrogens is 1. The van der Waals surface area contributed by atoms with E-state index < -0.39 is 5.63 Å². The Morgan fingerprint density at radius 1 is 1.58 bits per heavy atom. The summed E-state index contributed by atoms with van der Waals surface area (Å²) in [7, 11) is 1.49. The minimum absolute atomic E-state index is 0.0958. The van der Waals surface area contributed by atoms with Crippen molar-refractivity contribution in [3.8, 4) is 5.75 Å². The van der Waals surface area contributed by atoms with Crippen LogP contribution < -0.4 is 20.4 Å². The largest absolute Gasteiger partial charge is 0.495 e. The summed E-state index contributed by atoms with van der Waals surface area (Å²) < 4.78 is 10.8. The SMILES string of the molecule is COc1ccc(Cl)cc1NC(=O)C[n+]1cc(=O)o[nH]1. The number of benzene rings is 1. The van der Waals surface area contributed by atoms with Crippen LogP contribution in [0.25, 0.3) is 0 Å². The van der Waals surface area contributed by atoms with Crippen LogP contribution in [0.15, 0.2) is 33.7 Å². The third-order valence-electron chi connectivity index (χ3n) is 2.27. The fourth-order valence-corrected chi connectivity index (χ4v) is 1.66. The van der Waals surface area contributed by atoms with Gasteiger partial charge in [0.25, 0.3) is 18.6 Å². The summed E-state index contributed by atoms with van der Waals surface area (Å²) in [5.41, 5.74) is -0.112. The lowest BCUT2D eigenvalue weighted by molar-refractivity contribution is -0.750. The van der Waals surface area contributed by atoms with E-state index in [0.29, 0.717) is 16.5 Å². The molecule has 0 atom stereocenters. The first kappa shape index (κ1) is 13.2. The Kier molecular flexibility index (Phi) is 3.86. The fourth-order valence-electron chi connectivity index (χ4n) is 1.48. The smallest absolute Gasteiger partial charge is 0.426 e. The summed E-state index contributed by atoms with van der Waals surface area (Å²) in [5.74, 6) is 0.131. The van der Waals surface area contributed by atoms with E-state index >= 15 is 0 Å². The third kappa shape index (κ3) is 3.35. The molecule has 0 aliphatic rings. The van der Waals surface area contributed by atoms with Gasteiger partial charge in [0.2, 0.25) is 0 Å². The first-order chi connectivity index (χ1) is 9.08. The van der Waals surface area contributed by atoms with Crippen molar-refractivity contribution in [2.75, 3.05) is 12.4 Å². The molecule has 1 heterocycles. The van der Waals surface area contributed by atoms with Gasteiger partial charge >= 0.3 is 5.63 Å². The maximum Gasteiger partial charge on any atom is 0.426 e. The minimum Gasteiger partial charge on any atom is -0.495 e. The predicted molar refractivity (Wildman–Crippen MR) is 66.2 cm³/mol. The topological polar surface area (TPSA) is 88.2 Å². The van der Waals surface area contributed by atoms with Crippen molar-refractivity contribution in [3.05, 3.63) is 39.8 Å². The van der Waals surface area contributed by atoms with Gasteiger partial charge in [0, 0.05) is 5.02 Å². The molecule has 7 nitrogen and oxygen atoms in total. The quantitative estimate of drug-likeness (QED) is 0.803.